The Morgan fingerprint density at radius 2 is 1.56 bits per heavy atom. The van der Waals surface area contributed by atoms with Crippen molar-refractivity contribution < 1.29 is 5.11 Å². The van der Waals surface area contributed by atoms with E-state index in [2.05, 4.69) is 51.0 Å². The molecule has 0 amide bonds. The molecule has 3 heterocycles. The lowest BCUT2D eigenvalue weighted by atomic mass is 9.94. The van der Waals surface area contributed by atoms with Gasteiger partial charge in [-0.1, -0.05) is 43.2 Å². The van der Waals surface area contributed by atoms with Gasteiger partial charge in [-0.25, -0.2) is 5.43 Å². The molecule has 0 aliphatic carbocycles. The Labute approximate surface area is 164 Å². The number of nitrogens with zero attached hydrogens (tertiary/aromatic N) is 2. The Hall–Kier alpha value is -0.980. The summed E-state index contributed by atoms with van der Waals surface area (Å²) < 4.78 is 0. The van der Waals surface area contributed by atoms with Crippen molar-refractivity contribution in [2.24, 2.45) is 17.8 Å². The Morgan fingerprint density at radius 1 is 0.852 bits per heavy atom. The highest BCUT2D eigenvalue weighted by atomic mass is 16.3. The second kappa shape index (κ2) is 9.48. The van der Waals surface area contributed by atoms with Crippen molar-refractivity contribution in [3.63, 3.8) is 0 Å². The lowest BCUT2D eigenvalue weighted by Crippen LogP contribution is -2.35. The van der Waals surface area contributed by atoms with Gasteiger partial charge < -0.3 is 14.9 Å². The van der Waals surface area contributed by atoms with E-state index in [1.807, 2.05) is 0 Å². The van der Waals surface area contributed by atoms with E-state index in [0.29, 0.717) is 30.4 Å². The summed E-state index contributed by atoms with van der Waals surface area (Å²) in [5.41, 5.74) is 8.21. The average molecular weight is 373 g/mol. The number of rotatable bonds is 6. The van der Waals surface area contributed by atoms with Crippen LogP contribution in [0.4, 0.5) is 0 Å². The molecule has 1 aromatic rings. The molecule has 1 aromatic carbocycles. The van der Waals surface area contributed by atoms with Crippen molar-refractivity contribution in [3.8, 4) is 0 Å². The number of benzene rings is 1. The Morgan fingerprint density at radius 3 is 2.30 bits per heavy atom. The molecule has 0 saturated carbocycles. The first-order chi connectivity index (χ1) is 13.3. The second-order valence-corrected chi connectivity index (χ2v) is 8.81. The molecular weight excluding hydrogens is 336 g/mol. The molecule has 0 bridgehead atoms. The molecule has 2 unspecified atom stereocenters. The normalized spacial score (nSPS) is 33.4. The third kappa shape index (κ3) is 4.90. The predicted molar refractivity (Wildman–Crippen MR) is 109 cm³/mol. The van der Waals surface area contributed by atoms with E-state index >= 15 is 0 Å². The van der Waals surface area contributed by atoms with E-state index in [1.54, 1.807) is 0 Å². The van der Waals surface area contributed by atoms with Gasteiger partial charge in [0.2, 0.25) is 0 Å². The maximum Gasteiger partial charge on any atom is 0.0515 e. The molecule has 3 saturated heterocycles. The lowest BCUT2D eigenvalue weighted by Gasteiger charge is -2.27. The fourth-order valence-corrected chi connectivity index (χ4v) is 5.30. The van der Waals surface area contributed by atoms with Crippen molar-refractivity contribution in [2.45, 2.75) is 31.7 Å². The molecule has 3 aliphatic heterocycles. The summed E-state index contributed by atoms with van der Waals surface area (Å²) in [4.78, 5) is 5.27. The zero-order valence-corrected chi connectivity index (χ0v) is 16.5. The molecule has 5 nitrogen and oxygen atoms in total. The van der Waals surface area contributed by atoms with Crippen molar-refractivity contribution >= 4 is 0 Å². The highest BCUT2D eigenvalue weighted by Gasteiger charge is 2.37. The van der Waals surface area contributed by atoms with Gasteiger partial charge in [-0.15, -0.1) is 0 Å². The zero-order chi connectivity index (χ0) is 18.5. The van der Waals surface area contributed by atoms with Gasteiger partial charge in [0, 0.05) is 45.2 Å². The number of nitrogens with one attached hydrogen (secondary N) is 2. The third-order valence-corrected chi connectivity index (χ3v) is 6.82. The minimum atomic E-state index is 0.332. The number of aliphatic hydroxyl groups excluding tert-OH is 1. The summed E-state index contributed by atoms with van der Waals surface area (Å²) in [7, 11) is 0. The third-order valence-electron chi connectivity index (χ3n) is 6.82. The van der Waals surface area contributed by atoms with Crippen LogP contribution in [0.3, 0.4) is 0 Å². The van der Waals surface area contributed by atoms with Crippen LogP contribution in [-0.4, -0.2) is 67.3 Å². The SMILES string of the molecule is OC[C@@H]1CN(CC2CNNC2c2ccccc2)C[C@@H]1CN1CCCCCC1. The predicted octanol–water partition coefficient (Wildman–Crippen LogP) is 1.87. The van der Waals surface area contributed by atoms with E-state index in [4.69, 9.17) is 0 Å². The van der Waals surface area contributed by atoms with Crippen LogP contribution in [0.2, 0.25) is 0 Å². The van der Waals surface area contributed by atoms with Crippen LogP contribution in [0.25, 0.3) is 0 Å². The minimum Gasteiger partial charge on any atom is -0.396 e. The summed E-state index contributed by atoms with van der Waals surface area (Å²) in [5.74, 6) is 1.63. The van der Waals surface area contributed by atoms with Crippen LogP contribution >= 0.6 is 0 Å². The molecule has 3 aliphatic rings. The number of hydrogen-bond donors (Lipinski definition) is 3. The molecule has 0 aromatic heterocycles. The summed E-state index contributed by atoms with van der Waals surface area (Å²) in [6.45, 7) is 8.31. The van der Waals surface area contributed by atoms with Crippen molar-refractivity contribution in [1.82, 2.24) is 20.7 Å². The first-order valence-corrected chi connectivity index (χ1v) is 10.9. The average Bonchev–Trinajstić information content (AvgIpc) is 3.22. The van der Waals surface area contributed by atoms with E-state index in [9.17, 15) is 5.11 Å². The molecule has 3 fully saturated rings. The largest absolute Gasteiger partial charge is 0.396 e. The maximum atomic E-state index is 9.96. The molecule has 4 atom stereocenters. The highest BCUT2D eigenvalue weighted by molar-refractivity contribution is 5.20. The van der Waals surface area contributed by atoms with Crippen molar-refractivity contribution in [2.75, 3.05) is 52.4 Å². The molecule has 27 heavy (non-hydrogen) atoms. The van der Waals surface area contributed by atoms with Gasteiger partial charge in [0.25, 0.3) is 0 Å². The Bertz CT molecular complexity index is 561. The minimum absolute atomic E-state index is 0.332. The summed E-state index contributed by atoms with van der Waals surface area (Å²) in [5, 5.41) is 9.96. The summed E-state index contributed by atoms with van der Waals surface area (Å²) in [6, 6.07) is 11.2. The standard InChI is InChI=1S/C22H36N4O/c27-17-21-16-26(15-20(21)14-25-10-6-1-2-7-11-25)13-19-12-23-24-22(19)18-8-4-3-5-9-18/h3-5,8-9,19-24,27H,1-2,6-7,10-17H2/t19?,20-,21-,22?/m0/s1. The van der Waals surface area contributed by atoms with Crippen molar-refractivity contribution in [3.05, 3.63) is 35.9 Å². The van der Waals surface area contributed by atoms with Gasteiger partial charge >= 0.3 is 0 Å². The number of hydrogen-bond acceptors (Lipinski definition) is 5. The Balaban J connectivity index is 1.34. The van der Waals surface area contributed by atoms with Crippen LogP contribution in [0.5, 0.6) is 0 Å². The van der Waals surface area contributed by atoms with Crippen LogP contribution in [0.15, 0.2) is 30.3 Å². The van der Waals surface area contributed by atoms with Gasteiger partial charge in [-0.2, -0.15) is 0 Å². The summed E-state index contributed by atoms with van der Waals surface area (Å²) in [6.07, 6.45) is 5.47. The van der Waals surface area contributed by atoms with Gasteiger partial charge in [0.15, 0.2) is 0 Å². The molecule has 5 heteroatoms. The fraction of sp³-hybridized carbons (Fsp3) is 0.727. The van der Waals surface area contributed by atoms with E-state index in [-0.39, 0.29) is 0 Å². The zero-order valence-electron chi connectivity index (χ0n) is 16.5. The quantitative estimate of drug-likeness (QED) is 0.712. The molecule has 150 valence electrons. The monoisotopic (exact) mass is 372 g/mol. The molecular formula is C22H36N4O. The molecule has 0 spiro atoms. The van der Waals surface area contributed by atoms with Crippen LogP contribution in [0.1, 0.15) is 37.3 Å². The maximum absolute atomic E-state index is 9.96. The van der Waals surface area contributed by atoms with Crippen LogP contribution < -0.4 is 10.9 Å². The Kier molecular flexibility index (Phi) is 6.79. The van der Waals surface area contributed by atoms with Gasteiger partial charge in [-0.05, 0) is 43.3 Å². The van der Waals surface area contributed by atoms with E-state index in [0.717, 1.165) is 26.2 Å². The van der Waals surface area contributed by atoms with E-state index in [1.165, 1.54) is 50.9 Å². The van der Waals surface area contributed by atoms with Gasteiger partial charge in [0.1, 0.15) is 0 Å². The van der Waals surface area contributed by atoms with Crippen LogP contribution in [0, 0.1) is 17.8 Å². The van der Waals surface area contributed by atoms with Crippen molar-refractivity contribution in [1.29, 1.82) is 0 Å². The number of likely N-dealkylation sites (tertiary alicyclic amines) is 2. The first kappa shape index (κ1) is 19.3. The second-order valence-electron chi connectivity index (χ2n) is 8.81. The topological polar surface area (TPSA) is 50.8 Å². The number of aliphatic hydroxyl groups is 1. The van der Waals surface area contributed by atoms with Gasteiger partial charge in [-0.3, -0.25) is 5.43 Å². The lowest BCUT2D eigenvalue weighted by molar-refractivity contribution is 0.165. The molecule has 0 radical (unpaired) electrons. The summed E-state index contributed by atoms with van der Waals surface area (Å²) >= 11 is 0. The van der Waals surface area contributed by atoms with E-state index < -0.39 is 0 Å². The van der Waals surface area contributed by atoms with Crippen LogP contribution in [-0.2, 0) is 0 Å². The fourth-order valence-electron chi connectivity index (χ4n) is 5.30. The smallest absolute Gasteiger partial charge is 0.0515 e. The first-order valence-electron chi connectivity index (χ1n) is 10.9. The molecule has 3 N–H and O–H groups in total. The highest BCUT2D eigenvalue weighted by Crippen LogP contribution is 2.30. The van der Waals surface area contributed by atoms with Gasteiger partial charge in [0.05, 0.1) is 6.04 Å². The molecule has 4 rings (SSSR count). The number of hydrazine groups is 1.